The minimum atomic E-state index is -0.273. The zero-order chi connectivity index (χ0) is 15.1. The lowest BCUT2D eigenvalue weighted by atomic mass is 10.1. The van der Waals surface area contributed by atoms with Crippen LogP contribution in [0.2, 0.25) is 0 Å². The van der Waals surface area contributed by atoms with Gasteiger partial charge in [0.1, 0.15) is 11.6 Å². The zero-order valence-corrected chi connectivity index (χ0v) is 13.1. The average Bonchev–Trinajstić information content (AvgIpc) is 2.48. The Labute approximate surface area is 126 Å². The molecule has 1 unspecified atom stereocenters. The summed E-state index contributed by atoms with van der Waals surface area (Å²) in [6, 6.07) is 1.59. The van der Waals surface area contributed by atoms with Gasteiger partial charge in [0.25, 0.3) is 0 Å². The van der Waals surface area contributed by atoms with Gasteiger partial charge in [-0.3, -0.25) is 0 Å². The summed E-state index contributed by atoms with van der Waals surface area (Å²) in [4.78, 5) is 6.56. The van der Waals surface area contributed by atoms with E-state index in [4.69, 9.17) is 4.74 Å². The molecule has 0 radical (unpaired) electrons. The molecular formula is C16H26FN3O. The number of ether oxygens (including phenoxy) is 1. The summed E-state index contributed by atoms with van der Waals surface area (Å²) in [5.41, 5.74) is 0.931. The topological polar surface area (TPSA) is 37.4 Å². The van der Waals surface area contributed by atoms with Crippen LogP contribution in [0, 0.1) is 5.82 Å². The Morgan fingerprint density at radius 2 is 2.33 bits per heavy atom. The summed E-state index contributed by atoms with van der Waals surface area (Å²) >= 11 is 0. The number of pyridine rings is 1. The third kappa shape index (κ3) is 4.64. The van der Waals surface area contributed by atoms with Gasteiger partial charge in [0.2, 0.25) is 0 Å². The Bertz CT molecular complexity index is 440. The minimum Gasteiger partial charge on any atom is -0.377 e. The molecule has 1 aromatic rings. The first-order valence-corrected chi connectivity index (χ1v) is 7.96. The van der Waals surface area contributed by atoms with E-state index in [0.29, 0.717) is 6.54 Å². The van der Waals surface area contributed by atoms with E-state index in [0.717, 1.165) is 56.9 Å². The summed E-state index contributed by atoms with van der Waals surface area (Å²) in [5, 5.41) is 3.33. The van der Waals surface area contributed by atoms with Crippen molar-refractivity contribution >= 4 is 5.82 Å². The van der Waals surface area contributed by atoms with E-state index in [1.165, 1.54) is 6.20 Å². The molecule has 0 spiro atoms. The van der Waals surface area contributed by atoms with Crippen molar-refractivity contribution in [1.82, 2.24) is 10.3 Å². The number of aromatic nitrogens is 1. The Morgan fingerprint density at radius 3 is 3.10 bits per heavy atom. The first-order valence-electron chi connectivity index (χ1n) is 7.96. The smallest absolute Gasteiger partial charge is 0.141 e. The fourth-order valence-corrected chi connectivity index (χ4v) is 2.79. The molecule has 0 aliphatic carbocycles. The average molecular weight is 295 g/mol. The van der Waals surface area contributed by atoms with Crippen LogP contribution in [0.4, 0.5) is 10.2 Å². The number of hydrogen-bond donors (Lipinski definition) is 1. The van der Waals surface area contributed by atoms with Gasteiger partial charge in [-0.15, -0.1) is 0 Å². The van der Waals surface area contributed by atoms with Gasteiger partial charge in [0.15, 0.2) is 0 Å². The fraction of sp³-hybridized carbons (Fsp3) is 0.688. The van der Waals surface area contributed by atoms with E-state index < -0.39 is 0 Å². The van der Waals surface area contributed by atoms with E-state index >= 15 is 0 Å². The molecule has 0 amide bonds. The molecule has 0 saturated carbocycles. The van der Waals surface area contributed by atoms with E-state index in [9.17, 15) is 4.39 Å². The van der Waals surface area contributed by atoms with Gasteiger partial charge in [0.05, 0.1) is 12.3 Å². The van der Waals surface area contributed by atoms with E-state index in [-0.39, 0.29) is 11.9 Å². The second kappa shape index (κ2) is 8.29. The van der Waals surface area contributed by atoms with Crippen molar-refractivity contribution in [2.45, 2.75) is 45.8 Å². The van der Waals surface area contributed by atoms with Gasteiger partial charge >= 0.3 is 0 Å². The monoisotopic (exact) mass is 295 g/mol. The van der Waals surface area contributed by atoms with Gasteiger partial charge in [-0.1, -0.05) is 6.92 Å². The molecule has 1 fully saturated rings. The van der Waals surface area contributed by atoms with Gasteiger partial charge in [0, 0.05) is 31.8 Å². The number of nitrogens with zero attached hydrogens (tertiary/aromatic N) is 2. The minimum absolute atomic E-state index is 0.257. The van der Waals surface area contributed by atoms with Crippen LogP contribution in [0.5, 0.6) is 0 Å². The molecule has 2 rings (SSSR count). The first kappa shape index (κ1) is 16.2. The summed E-state index contributed by atoms with van der Waals surface area (Å²) in [7, 11) is 0. The van der Waals surface area contributed by atoms with Crippen LogP contribution in [0.1, 0.15) is 38.7 Å². The quantitative estimate of drug-likeness (QED) is 0.785. The zero-order valence-electron chi connectivity index (χ0n) is 13.1. The number of nitrogens with one attached hydrogen (secondary N) is 1. The van der Waals surface area contributed by atoms with Gasteiger partial charge in [-0.2, -0.15) is 0 Å². The van der Waals surface area contributed by atoms with Crippen LogP contribution < -0.4 is 10.2 Å². The van der Waals surface area contributed by atoms with E-state index in [2.05, 4.69) is 22.1 Å². The summed E-state index contributed by atoms with van der Waals surface area (Å²) in [5.74, 6) is 0.620. The molecule has 1 aliphatic heterocycles. The molecule has 5 heteroatoms. The lowest BCUT2D eigenvalue weighted by Crippen LogP contribution is -2.41. The summed E-state index contributed by atoms with van der Waals surface area (Å²) in [6.07, 6.45) is 4.81. The molecule has 21 heavy (non-hydrogen) atoms. The third-order valence-corrected chi connectivity index (χ3v) is 3.73. The predicted molar refractivity (Wildman–Crippen MR) is 83.1 cm³/mol. The maximum Gasteiger partial charge on any atom is 0.141 e. The van der Waals surface area contributed by atoms with Crippen molar-refractivity contribution in [3.8, 4) is 0 Å². The summed E-state index contributed by atoms with van der Waals surface area (Å²) in [6.45, 7) is 8.27. The highest BCUT2D eigenvalue weighted by Crippen LogP contribution is 2.23. The van der Waals surface area contributed by atoms with Crippen LogP contribution >= 0.6 is 0 Å². The molecule has 0 bridgehead atoms. The Hall–Kier alpha value is -1.20. The van der Waals surface area contributed by atoms with Crippen LogP contribution in [-0.2, 0) is 11.3 Å². The molecule has 0 aromatic carbocycles. The van der Waals surface area contributed by atoms with E-state index in [1.54, 1.807) is 6.07 Å². The lowest BCUT2D eigenvalue weighted by molar-refractivity contribution is 0.0525. The van der Waals surface area contributed by atoms with Crippen molar-refractivity contribution in [3.05, 3.63) is 23.6 Å². The highest BCUT2D eigenvalue weighted by atomic mass is 19.1. The second-order valence-corrected chi connectivity index (χ2v) is 5.48. The van der Waals surface area contributed by atoms with Crippen molar-refractivity contribution in [2.24, 2.45) is 0 Å². The molecule has 2 heterocycles. The van der Waals surface area contributed by atoms with Crippen LogP contribution in [0.3, 0.4) is 0 Å². The number of piperidine rings is 1. The lowest BCUT2D eigenvalue weighted by Gasteiger charge is -2.34. The second-order valence-electron chi connectivity index (χ2n) is 5.48. The largest absolute Gasteiger partial charge is 0.377 e. The first-order chi connectivity index (χ1) is 10.2. The standard InChI is InChI=1S/C16H26FN3O/c1-3-7-18-10-13-9-14(17)11-19-16(13)20-8-5-6-15(12-20)21-4-2/h9,11,15,18H,3-8,10,12H2,1-2H3. The molecule has 1 atom stereocenters. The normalized spacial score (nSPS) is 19.0. The molecule has 1 N–H and O–H groups in total. The van der Waals surface area contributed by atoms with Crippen LogP contribution in [-0.4, -0.2) is 37.3 Å². The molecule has 1 saturated heterocycles. The number of halogens is 1. The summed E-state index contributed by atoms with van der Waals surface area (Å²) < 4.78 is 19.2. The van der Waals surface area contributed by atoms with Crippen LogP contribution in [0.15, 0.2) is 12.3 Å². The number of rotatable bonds is 7. The fourth-order valence-electron chi connectivity index (χ4n) is 2.79. The Kier molecular flexibility index (Phi) is 6.39. The molecular weight excluding hydrogens is 269 g/mol. The number of anilines is 1. The van der Waals surface area contributed by atoms with Crippen LogP contribution in [0.25, 0.3) is 0 Å². The van der Waals surface area contributed by atoms with E-state index in [1.807, 2.05) is 6.92 Å². The van der Waals surface area contributed by atoms with Crippen molar-refractivity contribution in [1.29, 1.82) is 0 Å². The Morgan fingerprint density at radius 1 is 1.48 bits per heavy atom. The maximum atomic E-state index is 13.5. The SMILES string of the molecule is CCCNCc1cc(F)cnc1N1CCCC(OCC)C1. The molecule has 1 aliphatic rings. The van der Waals surface area contributed by atoms with Crippen molar-refractivity contribution in [2.75, 3.05) is 31.1 Å². The maximum absolute atomic E-state index is 13.5. The van der Waals surface area contributed by atoms with Gasteiger partial charge in [-0.05, 0) is 38.8 Å². The highest BCUT2D eigenvalue weighted by Gasteiger charge is 2.23. The van der Waals surface area contributed by atoms with Crippen molar-refractivity contribution in [3.63, 3.8) is 0 Å². The predicted octanol–water partition coefficient (Wildman–Crippen LogP) is 2.73. The highest BCUT2D eigenvalue weighted by molar-refractivity contribution is 5.47. The molecule has 4 nitrogen and oxygen atoms in total. The van der Waals surface area contributed by atoms with Gasteiger partial charge < -0.3 is 15.0 Å². The van der Waals surface area contributed by atoms with Gasteiger partial charge in [-0.25, -0.2) is 9.37 Å². The molecule has 118 valence electrons. The third-order valence-electron chi connectivity index (χ3n) is 3.73. The Balaban J connectivity index is 2.09. The number of hydrogen-bond acceptors (Lipinski definition) is 4. The molecule has 1 aromatic heterocycles. The van der Waals surface area contributed by atoms with Crippen molar-refractivity contribution < 1.29 is 9.13 Å².